The Kier molecular flexibility index (Phi) is 7.45. The highest BCUT2D eigenvalue weighted by Gasteiger charge is 2.31. The number of carbonyl (C=O) groups is 2. The molecule has 1 aromatic heterocycles. The number of hydrogen-bond acceptors (Lipinski definition) is 7. The monoisotopic (exact) mass is 498 g/mol. The fourth-order valence-corrected chi connectivity index (χ4v) is 6.05. The van der Waals surface area contributed by atoms with Gasteiger partial charge >= 0.3 is 5.69 Å². The molecule has 2 aromatic rings. The van der Waals surface area contributed by atoms with Crippen molar-refractivity contribution in [3.8, 4) is 0 Å². The summed E-state index contributed by atoms with van der Waals surface area (Å²) in [6, 6.07) is 5.38. The van der Waals surface area contributed by atoms with Crippen molar-refractivity contribution in [1.29, 1.82) is 0 Å². The zero-order valence-corrected chi connectivity index (χ0v) is 21.2. The average Bonchev–Trinajstić information content (AvgIpc) is 3.13. The first-order chi connectivity index (χ1) is 17.4. The lowest BCUT2D eigenvalue weighted by Crippen LogP contribution is -2.48. The van der Waals surface area contributed by atoms with E-state index in [2.05, 4.69) is 21.2 Å². The van der Waals surface area contributed by atoms with Crippen LogP contribution in [0.15, 0.2) is 23.0 Å². The molecule has 10 heteroatoms. The third-order valence-corrected chi connectivity index (χ3v) is 8.11. The van der Waals surface area contributed by atoms with Crippen molar-refractivity contribution in [2.75, 3.05) is 50.8 Å². The van der Waals surface area contributed by atoms with E-state index >= 15 is 0 Å². The number of hydrogen-bond donors (Lipinski definition) is 2. The maximum atomic E-state index is 13.0. The summed E-state index contributed by atoms with van der Waals surface area (Å²) in [6.45, 7) is 6.36. The van der Waals surface area contributed by atoms with Crippen LogP contribution < -0.4 is 21.6 Å². The van der Waals surface area contributed by atoms with Gasteiger partial charge in [0.15, 0.2) is 0 Å². The first-order valence-corrected chi connectivity index (χ1v) is 13.3. The van der Waals surface area contributed by atoms with Gasteiger partial charge in [0.1, 0.15) is 6.04 Å². The van der Waals surface area contributed by atoms with E-state index in [1.54, 1.807) is 11.6 Å². The molecule has 1 unspecified atom stereocenters. The summed E-state index contributed by atoms with van der Waals surface area (Å²) < 4.78 is 8.96. The third kappa shape index (κ3) is 5.07. The van der Waals surface area contributed by atoms with Gasteiger partial charge in [-0.15, -0.1) is 0 Å². The van der Waals surface area contributed by atoms with Gasteiger partial charge in [0, 0.05) is 58.4 Å². The third-order valence-electron chi connectivity index (χ3n) is 8.11. The molecule has 3 N–H and O–H groups in total. The minimum atomic E-state index is -0.657. The van der Waals surface area contributed by atoms with Gasteiger partial charge in [-0.1, -0.05) is 0 Å². The summed E-state index contributed by atoms with van der Waals surface area (Å²) in [5.41, 5.74) is 7.95. The van der Waals surface area contributed by atoms with Crippen LogP contribution in [0.25, 0.3) is 11.0 Å². The van der Waals surface area contributed by atoms with Gasteiger partial charge in [0.2, 0.25) is 11.8 Å². The lowest BCUT2D eigenvalue weighted by atomic mass is 9.87. The second-order valence-electron chi connectivity index (χ2n) is 10.4. The number of aromatic nitrogens is 2. The number of ether oxygens (including phenoxy) is 1. The molecule has 2 aliphatic heterocycles. The summed E-state index contributed by atoms with van der Waals surface area (Å²) in [4.78, 5) is 42.0. The Morgan fingerprint density at radius 3 is 2.44 bits per heavy atom. The molecule has 3 heterocycles. The summed E-state index contributed by atoms with van der Waals surface area (Å²) in [7, 11) is 1.74. The van der Waals surface area contributed by atoms with Crippen LogP contribution in [0.2, 0.25) is 0 Å². The number of benzene rings is 1. The standard InChI is InChI=1S/C26H38N6O4/c1-29-23-16-19(4-7-21(23)32(26(29)35)22-8-9-24(33)28-25(22)34)31-13-11-30(12-14-31)17-18-2-5-20(6-3-18)36-15-10-27/h4,7,16,18,20,22H,2-3,5-6,8-15,17,27H2,1H3,(H,28,33,34)/t18-,20-,22?. The molecule has 0 radical (unpaired) electrons. The van der Waals surface area contributed by atoms with Crippen LogP contribution in [-0.2, 0) is 21.4 Å². The van der Waals surface area contributed by atoms with Crippen molar-refractivity contribution >= 4 is 28.5 Å². The van der Waals surface area contributed by atoms with E-state index in [4.69, 9.17) is 10.5 Å². The SMILES string of the molecule is Cn1c(=O)n(C2CCC(=O)NC2=O)c2ccc(N3CCN(C[C@H]4CC[C@H](OCCN)CC4)CC3)cc21. The summed E-state index contributed by atoms with van der Waals surface area (Å²) in [5, 5.41) is 2.36. The van der Waals surface area contributed by atoms with E-state index in [1.807, 2.05) is 12.1 Å². The average molecular weight is 499 g/mol. The quantitative estimate of drug-likeness (QED) is 0.547. The Hall–Kier alpha value is -2.69. The zero-order chi connectivity index (χ0) is 25.2. The summed E-state index contributed by atoms with van der Waals surface area (Å²) in [6.07, 6.45) is 5.71. The number of nitrogens with one attached hydrogen (secondary N) is 1. The molecule has 2 amide bonds. The topological polar surface area (TPSA) is 115 Å². The van der Waals surface area contributed by atoms with Crippen LogP contribution in [0.3, 0.4) is 0 Å². The van der Waals surface area contributed by atoms with E-state index in [0.29, 0.717) is 25.7 Å². The van der Waals surface area contributed by atoms with Gasteiger partial charge < -0.3 is 15.4 Å². The Morgan fingerprint density at radius 2 is 1.75 bits per heavy atom. The second-order valence-corrected chi connectivity index (χ2v) is 10.4. The first kappa shape index (κ1) is 25.0. The number of fused-ring (bicyclic) bond motifs is 1. The number of anilines is 1. The molecule has 1 saturated carbocycles. The largest absolute Gasteiger partial charge is 0.377 e. The van der Waals surface area contributed by atoms with Crippen molar-refractivity contribution in [3.63, 3.8) is 0 Å². The fourth-order valence-electron chi connectivity index (χ4n) is 6.05. The Bertz CT molecular complexity index is 1160. The van der Waals surface area contributed by atoms with Crippen LogP contribution in [0.4, 0.5) is 5.69 Å². The van der Waals surface area contributed by atoms with E-state index in [9.17, 15) is 14.4 Å². The Balaban J connectivity index is 1.21. The number of amides is 2. The highest BCUT2D eigenvalue weighted by molar-refractivity contribution is 6.00. The number of nitrogens with two attached hydrogens (primary N) is 1. The van der Waals surface area contributed by atoms with Crippen molar-refractivity contribution in [2.24, 2.45) is 18.7 Å². The highest BCUT2D eigenvalue weighted by Crippen LogP contribution is 2.29. The summed E-state index contributed by atoms with van der Waals surface area (Å²) in [5.74, 6) is 0.0555. The van der Waals surface area contributed by atoms with Gasteiger partial charge in [0.25, 0.3) is 0 Å². The molecule has 1 aliphatic carbocycles. The normalized spacial score (nSPS) is 25.9. The molecule has 5 rings (SSSR count). The van der Waals surface area contributed by atoms with Gasteiger partial charge in [-0.2, -0.15) is 0 Å². The van der Waals surface area contributed by atoms with Crippen LogP contribution in [0.1, 0.15) is 44.6 Å². The number of aryl methyl sites for hydroxylation is 1. The minimum absolute atomic E-state index is 0.232. The molecule has 2 saturated heterocycles. The van der Waals surface area contributed by atoms with E-state index in [1.165, 1.54) is 17.4 Å². The number of piperidine rings is 1. The maximum absolute atomic E-state index is 13.0. The molecule has 10 nitrogen and oxygen atoms in total. The number of imidazole rings is 1. The van der Waals surface area contributed by atoms with Crippen LogP contribution in [0.5, 0.6) is 0 Å². The second kappa shape index (κ2) is 10.7. The van der Waals surface area contributed by atoms with Crippen molar-refractivity contribution in [2.45, 2.75) is 50.7 Å². The number of nitrogens with zero attached hydrogens (tertiary/aromatic N) is 4. The molecule has 1 aromatic carbocycles. The maximum Gasteiger partial charge on any atom is 0.329 e. The lowest BCUT2D eigenvalue weighted by Gasteiger charge is -2.39. The van der Waals surface area contributed by atoms with E-state index in [-0.39, 0.29) is 18.0 Å². The number of piperazine rings is 1. The van der Waals surface area contributed by atoms with Gasteiger partial charge in [0.05, 0.1) is 23.7 Å². The van der Waals surface area contributed by atoms with Crippen LogP contribution >= 0.6 is 0 Å². The molecular formula is C26H38N6O4. The predicted molar refractivity (Wildman–Crippen MR) is 138 cm³/mol. The van der Waals surface area contributed by atoms with E-state index < -0.39 is 11.9 Å². The molecule has 0 bridgehead atoms. The summed E-state index contributed by atoms with van der Waals surface area (Å²) >= 11 is 0. The predicted octanol–water partition coefficient (Wildman–Crippen LogP) is 0.974. The molecule has 3 aliphatic rings. The van der Waals surface area contributed by atoms with Crippen molar-refractivity contribution in [3.05, 3.63) is 28.7 Å². The number of carbonyl (C=O) groups excluding carboxylic acids is 2. The van der Waals surface area contributed by atoms with E-state index in [0.717, 1.165) is 68.2 Å². The minimum Gasteiger partial charge on any atom is -0.377 e. The Labute approximate surface area is 211 Å². The molecule has 3 fully saturated rings. The van der Waals surface area contributed by atoms with Crippen molar-refractivity contribution in [1.82, 2.24) is 19.4 Å². The fraction of sp³-hybridized carbons (Fsp3) is 0.654. The smallest absolute Gasteiger partial charge is 0.329 e. The van der Waals surface area contributed by atoms with Gasteiger partial charge in [-0.05, 0) is 56.2 Å². The van der Waals surface area contributed by atoms with Crippen LogP contribution in [0, 0.1) is 5.92 Å². The lowest BCUT2D eigenvalue weighted by molar-refractivity contribution is -0.135. The number of rotatable bonds is 7. The zero-order valence-electron chi connectivity index (χ0n) is 21.2. The molecule has 196 valence electrons. The molecule has 0 spiro atoms. The molecule has 1 atom stereocenters. The van der Waals surface area contributed by atoms with Gasteiger partial charge in [-0.25, -0.2) is 4.79 Å². The first-order valence-electron chi connectivity index (χ1n) is 13.3. The molecule has 36 heavy (non-hydrogen) atoms. The number of imide groups is 1. The molecular weight excluding hydrogens is 460 g/mol. The van der Waals surface area contributed by atoms with Crippen LogP contribution in [-0.4, -0.2) is 77.8 Å². The Morgan fingerprint density at radius 1 is 1.00 bits per heavy atom. The van der Waals surface area contributed by atoms with Crippen molar-refractivity contribution < 1.29 is 14.3 Å². The highest BCUT2D eigenvalue weighted by atomic mass is 16.5. The van der Waals surface area contributed by atoms with Gasteiger partial charge in [-0.3, -0.25) is 28.9 Å².